The molecule has 0 aliphatic carbocycles. The van der Waals surface area contributed by atoms with E-state index in [9.17, 15) is 0 Å². The monoisotopic (exact) mass is 700 g/mol. The van der Waals surface area contributed by atoms with Crippen molar-refractivity contribution in [1.29, 1.82) is 0 Å². The number of rotatable bonds is 15. The zero-order valence-electron chi connectivity index (χ0n) is 35.8. The van der Waals surface area contributed by atoms with E-state index in [0.717, 1.165) is 69.8 Å². The van der Waals surface area contributed by atoms with Crippen LogP contribution in [-0.4, -0.2) is 78.4 Å². The molecule has 0 aromatic carbocycles. The molecule has 50 heavy (non-hydrogen) atoms. The van der Waals surface area contributed by atoms with Crippen LogP contribution in [0.25, 0.3) is 0 Å². The predicted octanol–water partition coefficient (Wildman–Crippen LogP) is 8.39. The van der Waals surface area contributed by atoms with Crippen molar-refractivity contribution < 1.29 is 0 Å². The molecule has 2 aliphatic heterocycles. The molecule has 0 atom stereocenters. The van der Waals surface area contributed by atoms with Gasteiger partial charge in [0.15, 0.2) is 0 Å². The summed E-state index contributed by atoms with van der Waals surface area (Å²) in [6, 6.07) is 0.797. The molecular formula is C41H81N9. The molecule has 0 amide bonds. The number of nitrogens with zero attached hydrogens (tertiary/aromatic N) is 5. The standard InChI is InChI=1S/C41H81N9/c1-29(2)24-36(6,7)46-33-43-32(35(3,4)5)44-34(45-33)49(30-25-37(8,9)47-38(10,11)26-30)22-20-18-19-21-23-50(41(16,17)42)31-27-39(12,13)48-40(14,15)28-31/h29-31,47-48H,18-28,42H2,1-17H3,(H,43,44,45,46). The minimum absolute atomic E-state index is 0.0150. The van der Waals surface area contributed by atoms with Crippen molar-refractivity contribution in [2.45, 2.75) is 226 Å². The first kappa shape index (κ1) is 42.9. The third-order valence-corrected chi connectivity index (χ3v) is 10.4. The maximum absolute atomic E-state index is 6.85. The number of piperidine rings is 2. The number of hydrogen-bond acceptors (Lipinski definition) is 9. The second-order valence-corrected chi connectivity index (χ2v) is 21.5. The minimum Gasteiger partial charge on any atom is -0.349 e. The van der Waals surface area contributed by atoms with Crippen LogP contribution in [0, 0.1) is 5.92 Å². The molecule has 0 spiro atoms. The van der Waals surface area contributed by atoms with Crippen LogP contribution in [0.1, 0.15) is 181 Å². The Morgan fingerprint density at radius 3 is 1.60 bits per heavy atom. The van der Waals surface area contributed by atoms with Gasteiger partial charge in [-0.1, -0.05) is 47.5 Å². The zero-order valence-corrected chi connectivity index (χ0v) is 35.8. The number of unbranched alkanes of at least 4 members (excludes halogenated alkanes) is 3. The molecule has 3 heterocycles. The van der Waals surface area contributed by atoms with E-state index in [0.29, 0.717) is 23.9 Å². The maximum atomic E-state index is 6.85. The highest BCUT2D eigenvalue weighted by Gasteiger charge is 2.43. The van der Waals surface area contributed by atoms with Crippen LogP contribution in [0.15, 0.2) is 0 Å². The molecule has 2 saturated heterocycles. The van der Waals surface area contributed by atoms with Gasteiger partial charge in [-0.05, 0) is 134 Å². The predicted molar refractivity (Wildman–Crippen MR) is 215 cm³/mol. The molecule has 5 N–H and O–H groups in total. The van der Waals surface area contributed by atoms with E-state index in [1.807, 2.05) is 0 Å². The second kappa shape index (κ2) is 15.4. The Kier molecular flexibility index (Phi) is 13.2. The van der Waals surface area contributed by atoms with Crippen molar-refractivity contribution in [1.82, 2.24) is 30.5 Å². The molecule has 9 heteroatoms. The molecule has 290 valence electrons. The first-order valence-corrected chi connectivity index (χ1v) is 19.9. The van der Waals surface area contributed by atoms with Crippen LogP contribution < -0.4 is 26.6 Å². The molecule has 2 fully saturated rings. The van der Waals surface area contributed by atoms with Gasteiger partial charge in [-0.25, -0.2) is 0 Å². The summed E-state index contributed by atoms with van der Waals surface area (Å²) in [6.07, 6.45) is 9.94. The molecule has 0 bridgehead atoms. The minimum atomic E-state index is -0.349. The van der Waals surface area contributed by atoms with Gasteiger partial charge in [0.25, 0.3) is 0 Å². The number of aromatic nitrogens is 3. The van der Waals surface area contributed by atoms with Crippen LogP contribution in [0.4, 0.5) is 11.9 Å². The maximum Gasteiger partial charge on any atom is 0.230 e. The van der Waals surface area contributed by atoms with Gasteiger partial charge in [-0.3, -0.25) is 4.90 Å². The smallest absolute Gasteiger partial charge is 0.230 e. The Bertz CT molecular complexity index is 1200. The number of nitrogens with two attached hydrogens (primary N) is 1. The average molecular weight is 700 g/mol. The van der Waals surface area contributed by atoms with Gasteiger partial charge >= 0.3 is 0 Å². The fraction of sp³-hybridized carbons (Fsp3) is 0.927. The van der Waals surface area contributed by atoms with E-state index in [-0.39, 0.29) is 38.8 Å². The van der Waals surface area contributed by atoms with Crippen molar-refractivity contribution >= 4 is 11.9 Å². The fourth-order valence-electron chi connectivity index (χ4n) is 9.54. The zero-order chi connectivity index (χ0) is 38.1. The van der Waals surface area contributed by atoms with Crippen LogP contribution in [0.5, 0.6) is 0 Å². The first-order chi connectivity index (χ1) is 22.5. The van der Waals surface area contributed by atoms with Crippen LogP contribution in [0.2, 0.25) is 0 Å². The van der Waals surface area contributed by atoms with Gasteiger partial charge in [0.05, 0.1) is 5.66 Å². The van der Waals surface area contributed by atoms with E-state index in [1.165, 1.54) is 12.8 Å². The fourth-order valence-corrected chi connectivity index (χ4v) is 9.54. The van der Waals surface area contributed by atoms with Crippen molar-refractivity contribution in [3.8, 4) is 0 Å². The van der Waals surface area contributed by atoms with E-state index in [1.54, 1.807) is 0 Å². The number of anilines is 2. The Labute approximate surface area is 308 Å². The summed E-state index contributed by atoms with van der Waals surface area (Å²) in [7, 11) is 0. The van der Waals surface area contributed by atoms with Gasteiger partial charge < -0.3 is 26.6 Å². The molecule has 1 aromatic heterocycles. The summed E-state index contributed by atoms with van der Waals surface area (Å²) < 4.78 is 0. The third kappa shape index (κ3) is 13.1. The SMILES string of the molecule is CC(C)CC(C)(C)Nc1nc(N(CCCCCCN(C2CC(C)(C)NC(C)(C)C2)C(C)(C)N)C2CC(C)(C)NC(C)(C)C2)nc(C(C)(C)C)n1. The molecule has 3 rings (SSSR count). The van der Waals surface area contributed by atoms with Gasteiger partial charge in [-0.15, -0.1) is 0 Å². The largest absolute Gasteiger partial charge is 0.349 e. The molecule has 0 radical (unpaired) electrons. The highest BCUT2D eigenvalue weighted by Crippen LogP contribution is 2.36. The highest BCUT2D eigenvalue weighted by molar-refractivity contribution is 5.41. The highest BCUT2D eigenvalue weighted by atomic mass is 15.3. The Hall–Kier alpha value is -1.55. The molecule has 2 aliphatic rings. The molecular weight excluding hydrogens is 619 g/mol. The molecule has 0 unspecified atom stereocenters. The summed E-state index contributed by atoms with van der Waals surface area (Å²) in [5.74, 6) is 2.92. The lowest BCUT2D eigenvalue weighted by Crippen LogP contribution is -2.66. The lowest BCUT2D eigenvalue weighted by atomic mass is 9.78. The third-order valence-electron chi connectivity index (χ3n) is 10.4. The average Bonchev–Trinajstić information content (AvgIpc) is 2.84. The second-order valence-electron chi connectivity index (χ2n) is 21.5. The normalized spacial score (nSPS) is 21.5. The van der Waals surface area contributed by atoms with E-state index in [2.05, 4.69) is 143 Å². The van der Waals surface area contributed by atoms with E-state index in [4.69, 9.17) is 20.7 Å². The molecule has 1 aromatic rings. The van der Waals surface area contributed by atoms with E-state index < -0.39 is 0 Å². The van der Waals surface area contributed by atoms with Crippen LogP contribution in [0.3, 0.4) is 0 Å². The van der Waals surface area contributed by atoms with Crippen molar-refractivity contribution in [2.75, 3.05) is 23.3 Å². The molecule has 0 saturated carbocycles. The topological polar surface area (TPSA) is 107 Å². The van der Waals surface area contributed by atoms with Crippen molar-refractivity contribution in [2.24, 2.45) is 11.7 Å². The Morgan fingerprint density at radius 1 is 0.700 bits per heavy atom. The van der Waals surface area contributed by atoms with Crippen molar-refractivity contribution in [3.63, 3.8) is 0 Å². The number of nitrogens with one attached hydrogen (secondary N) is 3. The summed E-state index contributed by atoms with van der Waals surface area (Å²) in [5, 5.41) is 11.5. The number of hydrogen-bond donors (Lipinski definition) is 4. The summed E-state index contributed by atoms with van der Waals surface area (Å²) in [6.45, 7) is 40.7. The van der Waals surface area contributed by atoms with Crippen LogP contribution >= 0.6 is 0 Å². The Morgan fingerprint density at radius 2 is 1.16 bits per heavy atom. The first-order valence-electron chi connectivity index (χ1n) is 19.9. The summed E-state index contributed by atoms with van der Waals surface area (Å²) in [4.78, 5) is 20.6. The molecule has 9 nitrogen and oxygen atoms in total. The van der Waals surface area contributed by atoms with Gasteiger partial charge in [0, 0.05) is 58.3 Å². The van der Waals surface area contributed by atoms with Crippen LogP contribution in [-0.2, 0) is 5.41 Å². The van der Waals surface area contributed by atoms with Gasteiger partial charge in [0.1, 0.15) is 5.82 Å². The summed E-state index contributed by atoms with van der Waals surface area (Å²) >= 11 is 0. The van der Waals surface area contributed by atoms with Gasteiger partial charge in [-0.2, -0.15) is 15.0 Å². The summed E-state index contributed by atoms with van der Waals surface area (Å²) in [5.41, 5.74) is 6.39. The van der Waals surface area contributed by atoms with Crippen molar-refractivity contribution in [3.05, 3.63) is 5.82 Å². The van der Waals surface area contributed by atoms with E-state index >= 15 is 0 Å². The lowest BCUT2D eigenvalue weighted by molar-refractivity contribution is 0.00601. The Balaban J connectivity index is 1.82. The lowest BCUT2D eigenvalue weighted by Gasteiger charge is -2.52. The quantitative estimate of drug-likeness (QED) is 0.106. The van der Waals surface area contributed by atoms with Gasteiger partial charge in [0.2, 0.25) is 11.9 Å².